The maximum absolute atomic E-state index is 11.6. The Balaban J connectivity index is 0.00000180. The number of nitrogen functional groups attached to an aromatic ring is 1. The van der Waals surface area contributed by atoms with Crippen molar-refractivity contribution in [2.24, 2.45) is 5.92 Å². The van der Waals surface area contributed by atoms with Crippen LogP contribution < -0.4 is 35.3 Å². The summed E-state index contributed by atoms with van der Waals surface area (Å²) in [6, 6.07) is 0. The minimum Gasteiger partial charge on any atom is -1.00 e. The molecule has 19 heavy (non-hydrogen) atoms. The van der Waals surface area contributed by atoms with Crippen molar-refractivity contribution in [3.05, 3.63) is 11.8 Å². The van der Waals surface area contributed by atoms with Crippen LogP contribution in [0.25, 0.3) is 0 Å². The third kappa shape index (κ3) is 4.21. The Kier molecular flexibility index (Phi) is 6.85. The summed E-state index contributed by atoms with van der Waals surface area (Å²) in [6.07, 6.45) is 3.49. The SMILES string of the molecule is CCOC(=O)c1cnn(CC2CCOCC2)c1N.[H-].[Na+]. The number of hydrogen-bond donors (Lipinski definition) is 1. The van der Waals surface area contributed by atoms with Crippen LogP contribution >= 0.6 is 0 Å². The molecule has 1 aliphatic heterocycles. The fraction of sp³-hybridized carbons (Fsp3) is 0.667. The maximum Gasteiger partial charge on any atom is 1.00 e. The first-order chi connectivity index (χ1) is 8.72. The number of carbonyl (C=O) groups excluding carboxylic acids is 1. The fourth-order valence-corrected chi connectivity index (χ4v) is 2.08. The zero-order valence-corrected chi connectivity index (χ0v) is 13.6. The molecule has 0 amide bonds. The van der Waals surface area contributed by atoms with E-state index < -0.39 is 5.97 Å². The summed E-state index contributed by atoms with van der Waals surface area (Å²) in [5.41, 5.74) is 6.27. The van der Waals surface area contributed by atoms with Gasteiger partial charge in [0.25, 0.3) is 0 Å². The van der Waals surface area contributed by atoms with E-state index >= 15 is 0 Å². The van der Waals surface area contributed by atoms with E-state index in [4.69, 9.17) is 15.2 Å². The van der Waals surface area contributed by atoms with Gasteiger partial charge in [-0.25, -0.2) is 9.48 Å². The van der Waals surface area contributed by atoms with Gasteiger partial charge in [-0.15, -0.1) is 0 Å². The van der Waals surface area contributed by atoms with Crippen LogP contribution in [-0.4, -0.2) is 35.6 Å². The van der Waals surface area contributed by atoms with Gasteiger partial charge in [-0.05, 0) is 25.7 Å². The number of rotatable bonds is 4. The molecule has 0 aliphatic carbocycles. The van der Waals surface area contributed by atoms with E-state index in [1.165, 1.54) is 6.20 Å². The second kappa shape index (κ2) is 7.89. The van der Waals surface area contributed by atoms with E-state index in [1.54, 1.807) is 11.6 Å². The Morgan fingerprint density at radius 1 is 1.63 bits per heavy atom. The van der Waals surface area contributed by atoms with E-state index in [0.29, 0.717) is 23.9 Å². The number of carbonyl (C=O) groups is 1. The standard InChI is InChI=1S/C12H19N3O3.Na.H/c1-2-18-12(16)10-7-14-15(11(10)13)8-9-3-5-17-6-4-9;;/h7,9H,2-6,8,13H2,1H3;;/q;+1;-1. The van der Waals surface area contributed by atoms with Gasteiger partial charge in [0.1, 0.15) is 11.4 Å². The maximum atomic E-state index is 11.6. The van der Waals surface area contributed by atoms with Crippen LogP contribution in [0.4, 0.5) is 5.82 Å². The quantitative estimate of drug-likeness (QED) is 0.518. The number of aromatic nitrogens is 2. The van der Waals surface area contributed by atoms with Gasteiger partial charge in [-0.3, -0.25) is 0 Å². The minimum absolute atomic E-state index is 0. The normalized spacial score (nSPS) is 15.8. The molecule has 1 saturated heterocycles. The molecule has 2 N–H and O–H groups in total. The summed E-state index contributed by atoms with van der Waals surface area (Å²) in [5.74, 6) is 0.490. The zero-order chi connectivity index (χ0) is 13.0. The Bertz CT molecular complexity index is 422. The van der Waals surface area contributed by atoms with E-state index in [-0.39, 0.29) is 31.0 Å². The molecule has 1 aliphatic rings. The largest absolute Gasteiger partial charge is 1.00 e. The zero-order valence-electron chi connectivity index (χ0n) is 12.6. The molecular weight excluding hydrogens is 257 g/mol. The Morgan fingerprint density at radius 2 is 2.32 bits per heavy atom. The van der Waals surface area contributed by atoms with E-state index in [1.807, 2.05) is 0 Å². The van der Waals surface area contributed by atoms with E-state index in [9.17, 15) is 4.79 Å². The number of anilines is 1. The first-order valence-electron chi connectivity index (χ1n) is 6.28. The van der Waals surface area contributed by atoms with Gasteiger partial charge in [0.15, 0.2) is 0 Å². The van der Waals surface area contributed by atoms with Gasteiger partial charge in [0.05, 0.1) is 12.8 Å². The molecule has 1 aromatic rings. The van der Waals surface area contributed by atoms with Crippen LogP contribution in [0.15, 0.2) is 6.20 Å². The number of ether oxygens (including phenoxy) is 2. The van der Waals surface area contributed by atoms with E-state index in [2.05, 4.69) is 5.10 Å². The summed E-state index contributed by atoms with van der Waals surface area (Å²) < 4.78 is 11.9. The molecule has 2 heterocycles. The summed E-state index contributed by atoms with van der Waals surface area (Å²) >= 11 is 0. The second-order valence-electron chi connectivity index (χ2n) is 4.40. The van der Waals surface area contributed by atoms with Crippen molar-refractivity contribution in [3.63, 3.8) is 0 Å². The van der Waals surface area contributed by atoms with Crippen LogP contribution in [0.2, 0.25) is 0 Å². The summed E-state index contributed by atoms with van der Waals surface area (Å²) in [4.78, 5) is 11.6. The van der Waals surface area contributed by atoms with Crippen LogP contribution in [-0.2, 0) is 16.0 Å². The van der Waals surface area contributed by atoms with Gasteiger partial charge in [-0.1, -0.05) is 0 Å². The van der Waals surface area contributed by atoms with Crippen molar-refractivity contribution in [3.8, 4) is 0 Å². The average Bonchev–Trinajstić information content (AvgIpc) is 2.73. The third-order valence-electron chi connectivity index (χ3n) is 3.15. The van der Waals surface area contributed by atoms with Crippen molar-refractivity contribution < 1.29 is 45.3 Å². The number of nitrogens with two attached hydrogens (primary N) is 1. The van der Waals surface area contributed by atoms with Crippen LogP contribution in [0, 0.1) is 5.92 Å². The predicted octanol–water partition coefficient (Wildman–Crippen LogP) is -1.81. The van der Waals surface area contributed by atoms with Crippen LogP contribution in [0.1, 0.15) is 31.6 Å². The van der Waals surface area contributed by atoms with Crippen molar-refractivity contribution in [1.29, 1.82) is 0 Å². The summed E-state index contributed by atoms with van der Waals surface area (Å²) in [7, 11) is 0. The van der Waals surface area contributed by atoms with Crippen molar-refractivity contribution in [2.75, 3.05) is 25.6 Å². The van der Waals surface area contributed by atoms with E-state index in [0.717, 1.165) is 32.6 Å². The number of nitrogens with zero attached hydrogens (tertiary/aromatic N) is 2. The first-order valence-corrected chi connectivity index (χ1v) is 6.28. The molecular formula is C12H20N3NaO3. The summed E-state index contributed by atoms with van der Waals surface area (Å²) in [5, 5.41) is 4.16. The molecule has 102 valence electrons. The predicted molar refractivity (Wildman–Crippen MR) is 67.3 cm³/mol. The molecule has 0 saturated carbocycles. The molecule has 0 unspecified atom stereocenters. The average molecular weight is 277 g/mol. The molecule has 1 fully saturated rings. The van der Waals surface area contributed by atoms with Crippen LogP contribution in [0.5, 0.6) is 0 Å². The van der Waals surface area contributed by atoms with Gasteiger partial charge >= 0.3 is 35.5 Å². The summed E-state index contributed by atoms with van der Waals surface area (Å²) in [6.45, 7) is 4.41. The molecule has 0 spiro atoms. The van der Waals surface area contributed by atoms with Gasteiger partial charge in [0.2, 0.25) is 0 Å². The molecule has 0 atom stereocenters. The van der Waals surface area contributed by atoms with Crippen molar-refractivity contribution in [1.82, 2.24) is 9.78 Å². The second-order valence-corrected chi connectivity index (χ2v) is 4.40. The van der Waals surface area contributed by atoms with Gasteiger partial charge < -0.3 is 16.6 Å². The fourth-order valence-electron chi connectivity index (χ4n) is 2.08. The van der Waals surface area contributed by atoms with Crippen molar-refractivity contribution in [2.45, 2.75) is 26.3 Å². The molecule has 1 aromatic heterocycles. The molecule has 6 nitrogen and oxygen atoms in total. The minimum atomic E-state index is -0.409. The van der Waals surface area contributed by atoms with Gasteiger partial charge in [-0.2, -0.15) is 5.10 Å². The molecule has 0 radical (unpaired) electrons. The molecule has 0 aromatic carbocycles. The van der Waals surface area contributed by atoms with Gasteiger partial charge in [0, 0.05) is 19.8 Å². The Hall–Kier alpha value is -0.560. The first kappa shape index (κ1) is 16.5. The Morgan fingerprint density at radius 3 is 2.95 bits per heavy atom. The van der Waals surface area contributed by atoms with Crippen LogP contribution in [0.3, 0.4) is 0 Å². The molecule has 2 rings (SSSR count). The monoisotopic (exact) mass is 277 g/mol. The molecule has 7 heteroatoms. The topological polar surface area (TPSA) is 79.4 Å². The van der Waals surface area contributed by atoms with Crippen molar-refractivity contribution >= 4 is 11.8 Å². The number of hydrogen-bond acceptors (Lipinski definition) is 5. The molecule has 0 bridgehead atoms. The Labute approximate surface area is 136 Å². The smallest absolute Gasteiger partial charge is 1.00 e. The third-order valence-corrected chi connectivity index (χ3v) is 3.15. The number of esters is 1.